The molecule has 92 valence electrons. The number of benzene rings is 2. The van der Waals surface area contributed by atoms with E-state index in [9.17, 15) is 4.79 Å². The molecule has 0 heterocycles. The maximum atomic E-state index is 11.3. The number of nitrogens with two attached hydrogens (primary N) is 1. The zero-order valence-electron chi connectivity index (χ0n) is 10.2. The van der Waals surface area contributed by atoms with E-state index in [2.05, 4.69) is 0 Å². The highest BCUT2D eigenvalue weighted by Gasteiger charge is 2.12. The highest BCUT2D eigenvalue weighted by atomic mass is 16.5. The number of hydrogen-bond acceptors (Lipinski definition) is 3. The van der Waals surface area contributed by atoms with E-state index in [-0.39, 0.29) is 5.92 Å². The average Bonchev–Trinajstić information content (AvgIpc) is 2.42. The van der Waals surface area contributed by atoms with Crippen molar-refractivity contribution < 1.29 is 9.53 Å². The van der Waals surface area contributed by atoms with Crippen LogP contribution in [-0.2, 0) is 4.79 Å². The van der Waals surface area contributed by atoms with Gasteiger partial charge in [-0.05, 0) is 35.4 Å². The van der Waals surface area contributed by atoms with E-state index < -0.39 is 0 Å². The van der Waals surface area contributed by atoms with Crippen LogP contribution in [0, 0.1) is 0 Å². The molecular weight excluding hydrogens is 226 g/mol. The monoisotopic (exact) mass is 241 g/mol. The van der Waals surface area contributed by atoms with Crippen molar-refractivity contribution in [3.8, 4) is 5.75 Å². The van der Waals surface area contributed by atoms with Crippen molar-refractivity contribution in [2.45, 2.75) is 5.92 Å². The summed E-state index contributed by atoms with van der Waals surface area (Å²) >= 11 is 0. The Kier molecular flexibility index (Phi) is 3.63. The molecule has 0 aromatic heterocycles. The molecule has 0 fully saturated rings. The first-order valence-corrected chi connectivity index (χ1v) is 5.69. The van der Waals surface area contributed by atoms with E-state index in [1.54, 1.807) is 19.2 Å². The van der Waals surface area contributed by atoms with Gasteiger partial charge in [-0.15, -0.1) is 0 Å². The van der Waals surface area contributed by atoms with Gasteiger partial charge in [0.2, 0.25) is 0 Å². The van der Waals surface area contributed by atoms with Crippen LogP contribution in [0.15, 0.2) is 48.5 Å². The minimum absolute atomic E-state index is 0.267. The molecule has 2 aromatic rings. The highest BCUT2D eigenvalue weighted by molar-refractivity contribution is 5.68. The quantitative estimate of drug-likeness (QED) is 0.661. The third kappa shape index (κ3) is 2.51. The molecule has 2 rings (SSSR count). The molecule has 0 bridgehead atoms. The number of aldehydes is 1. The lowest BCUT2D eigenvalue weighted by Crippen LogP contribution is -2.02. The molecule has 18 heavy (non-hydrogen) atoms. The van der Waals surface area contributed by atoms with E-state index >= 15 is 0 Å². The van der Waals surface area contributed by atoms with Gasteiger partial charge >= 0.3 is 0 Å². The molecule has 0 saturated carbocycles. The Hall–Kier alpha value is -2.29. The Bertz CT molecular complexity index is 517. The molecule has 0 aliphatic rings. The standard InChI is InChI=1S/C15H15NO2/c1-18-14-8-4-12(5-9-14)15(10-17)11-2-6-13(16)7-3-11/h2-10,15H,16H2,1H3. The summed E-state index contributed by atoms with van der Waals surface area (Å²) in [6.07, 6.45) is 0.938. The van der Waals surface area contributed by atoms with Crippen molar-refractivity contribution >= 4 is 12.0 Å². The average molecular weight is 241 g/mol. The molecule has 3 nitrogen and oxygen atoms in total. The molecule has 0 amide bonds. The summed E-state index contributed by atoms with van der Waals surface area (Å²) in [5, 5.41) is 0. The van der Waals surface area contributed by atoms with Crippen molar-refractivity contribution in [3.63, 3.8) is 0 Å². The van der Waals surface area contributed by atoms with Gasteiger partial charge in [0.05, 0.1) is 13.0 Å². The lowest BCUT2D eigenvalue weighted by molar-refractivity contribution is -0.108. The molecular formula is C15H15NO2. The summed E-state index contributed by atoms with van der Waals surface area (Å²) in [6, 6.07) is 14.8. The lowest BCUT2D eigenvalue weighted by Gasteiger charge is -2.12. The normalized spacial score (nSPS) is 11.8. The third-order valence-corrected chi connectivity index (χ3v) is 2.91. The number of anilines is 1. The summed E-state index contributed by atoms with van der Waals surface area (Å²) in [5.74, 6) is 0.511. The summed E-state index contributed by atoms with van der Waals surface area (Å²) in [7, 11) is 1.62. The fourth-order valence-corrected chi connectivity index (χ4v) is 1.86. The zero-order valence-corrected chi connectivity index (χ0v) is 10.2. The topological polar surface area (TPSA) is 52.3 Å². The van der Waals surface area contributed by atoms with Gasteiger partial charge in [-0.1, -0.05) is 24.3 Å². The number of rotatable bonds is 4. The minimum atomic E-state index is -0.267. The van der Waals surface area contributed by atoms with Gasteiger partial charge in [0, 0.05) is 5.69 Å². The molecule has 3 heteroatoms. The van der Waals surface area contributed by atoms with Crippen LogP contribution in [0.5, 0.6) is 5.75 Å². The lowest BCUT2D eigenvalue weighted by atomic mass is 9.92. The predicted molar refractivity (Wildman–Crippen MR) is 71.8 cm³/mol. The molecule has 0 aliphatic carbocycles. The molecule has 1 atom stereocenters. The van der Waals surface area contributed by atoms with Gasteiger partial charge < -0.3 is 15.3 Å². The Morgan fingerprint density at radius 3 is 1.94 bits per heavy atom. The molecule has 0 spiro atoms. The number of carbonyl (C=O) groups is 1. The van der Waals surface area contributed by atoms with Gasteiger partial charge in [0.1, 0.15) is 12.0 Å². The van der Waals surface area contributed by atoms with Crippen molar-refractivity contribution in [3.05, 3.63) is 59.7 Å². The summed E-state index contributed by atoms with van der Waals surface area (Å²) < 4.78 is 5.10. The van der Waals surface area contributed by atoms with Crippen LogP contribution in [-0.4, -0.2) is 13.4 Å². The van der Waals surface area contributed by atoms with Crippen LogP contribution in [0.1, 0.15) is 17.0 Å². The number of ether oxygens (including phenoxy) is 1. The Morgan fingerprint density at radius 1 is 1.00 bits per heavy atom. The Morgan fingerprint density at radius 2 is 1.50 bits per heavy atom. The van der Waals surface area contributed by atoms with Crippen molar-refractivity contribution in [2.24, 2.45) is 0 Å². The Balaban J connectivity index is 2.32. The van der Waals surface area contributed by atoms with Crippen LogP contribution >= 0.6 is 0 Å². The molecule has 2 N–H and O–H groups in total. The zero-order chi connectivity index (χ0) is 13.0. The molecule has 1 unspecified atom stereocenters. The van der Waals surface area contributed by atoms with E-state index in [0.717, 1.165) is 23.2 Å². The largest absolute Gasteiger partial charge is 0.497 e. The minimum Gasteiger partial charge on any atom is -0.497 e. The van der Waals surface area contributed by atoms with E-state index in [1.165, 1.54) is 0 Å². The fraction of sp³-hybridized carbons (Fsp3) is 0.133. The second kappa shape index (κ2) is 5.36. The molecule has 0 radical (unpaired) electrons. The van der Waals surface area contributed by atoms with Crippen molar-refractivity contribution in [1.82, 2.24) is 0 Å². The number of carbonyl (C=O) groups excluding carboxylic acids is 1. The molecule has 0 saturated heterocycles. The van der Waals surface area contributed by atoms with Crippen LogP contribution < -0.4 is 10.5 Å². The molecule has 0 aliphatic heterocycles. The van der Waals surface area contributed by atoms with E-state index in [4.69, 9.17) is 10.5 Å². The van der Waals surface area contributed by atoms with Gasteiger partial charge in [-0.25, -0.2) is 0 Å². The van der Waals surface area contributed by atoms with Gasteiger partial charge in [-0.3, -0.25) is 0 Å². The summed E-state index contributed by atoms with van der Waals surface area (Å²) in [4.78, 5) is 11.3. The number of methoxy groups -OCH3 is 1. The third-order valence-electron chi connectivity index (χ3n) is 2.91. The first-order chi connectivity index (χ1) is 8.74. The van der Waals surface area contributed by atoms with Gasteiger partial charge in [0.15, 0.2) is 0 Å². The maximum Gasteiger partial charge on any atom is 0.131 e. The maximum absolute atomic E-state index is 11.3. The predicted octanol–water partition coefficient (Wildman–Crippen LogP) is 2.61. The first-order valence-electron chi connectivity index (χ1n) is 5.69. The highest BCUT2D eigenvalue weighted by Crippen LogP contribution is 2.25. The fourth-order valence-electron chi connectivity index (χ4n) is 1.86. The van der Waals surface area contributed by atoms with Crippen molar-refractivity contribution in [2.75, 3.05) is 12.8 Å². The Labute approximate surface area is 106 Å². The van der Waals surface area contributed by atoms with Crippen LogP contribution in [0.4, 0.5) is 5.69 Å². The SMILES string of the molecule is COc1ccc(C(C=O)c2ccc(N)cc2)cc1. The van der Waals surface area contributed by atoms with Crippen LogP contribution in [0.3, 0.4) is 0 Å². The number of nitrogen functional groups attached to an aromatic ring is 1. The second-order valence-electron chi connectivity index (χ2n) is 4.05. The van der Waals surface area contributed by atoms with Gasteiger partial charge in [-0.2, -0.15) is 0 Å². The van der Waals surface area contributed by atoms with Crippen molar-refractivity contribution in [1.29, 1.82) is 0 Å². The number of hydrogen-bond donors (Lipinski definition) is 1. The molecule has 2 aromatic carbocycles. The van der Waals surface area contributed by atoms with Crippen LogP contribution in [0.2, 0.25) is 0 Å². The second-order valence-corrected chi connectivity index (χ2v) is 4.05. The summed E-state index contributed by atoms with van der Waals surface area (Å²) in [5.41, 5.74) is 8.21. The van der Waals surface area contributed by atoms with E-state index in [1.807, 2.05) is 36.4 Å². The van der Waals surface area contributed by atoms with E-state index in [0.29, 0.717) is 5.69 Å². The summed E-state index contributed by atoms with van der Waals surface area (Å²) in [6.45, 7) is 0. The first kappa shape index (κ1) is 12.2. The van der Waals surface area contributed by atoms with Gasteiger partial charge in [0.25, 0.3) is 0 Å². The smallest absolute Gasteiger partial charge is 0.131 e. The van der Waals surface area contributed by atoms with Crippen LogP contribution in [0.25, 0.3) is 0 Å².